The summed E-state index contributed by atoms with van der Waals surface area (Å²) in [7, 11) is 0. The molecular formula is C18H22N4O2. The van der Waals surface area contributed by atoms with Crippen LogP contribution in [-0.4, -0.2) is 40.4 Å². The van der Waals surface area contributed by atoms with Gasteiger partial charge >= 0.3 is 0 Å². The third kappa shape index (κ3) is 3.71. The Bertz CT molecular complexity index is 720. The highest BCUT2D eigenvalue weighted by Gasteiger charge is 2.27. The van der Waals surface area contributed by atoms with Crippen molar-refractivity contribution in [2.45, 2.75) is 25.7 Å². The lowest BCUT2D eigenvalue weighted by atomic mass is 9.94. The van der Waals surface area contributed by atoms with Crippen molar-refractivity contribution in [2.24, 2.45) is 5.73 Å². The van der Waals surface area contributed by atoms with Crippen LogP contribution < -0.4 is 10.5 Å². The van der Waals surface area contributed by atoms with E-state index in [0.29, 0.717) is 12.4 Å². The van der Waals surface area contributed by atoms with Crippen molar-refractivity contribution in [1.29, 1.82) is 0 Å². The van der Waals surface area contributed by atoms with E-state index in [1.54, 1.807) is 17.3 Å². The summed E-state index contributed by atoms with van der Waals surface area (Å²) in [5.41, 5.74) is 7.41. The number of hydrogen-bond donors (Lipinski definition) is 1. The first-order chi connectivity index (χ1) is 11.7. The van der Waals surface area contributed by atoms with Crippen LogP contribution >= 0.6 is 0 Å². The van der Waals surface area contributed by atoms with Crippen molar-refractivity contribution in [2.75, 3.05) is 19.6 Å². The molecule has 1 fully saturated rings. The van der Waals surface area contributed by atoms with Crippen LogP contribution in [0.4, 0.5) is 0 Å². The van der Waals surface area contributed by atoms with Gasteiger partial charge in [-0.25, -0.2) is 4.98 Å². The normalized spacial score (nSPS) is 17.6. The number of carbonyl (C=O) groups excluding carboxylic acids is 1. The molecule has 1 saturated heterocycles. The summed E-state index contributed by atoms with van der Waals surface area (Å²) in [6.45, 7) is 3.42. The first kappa shape index (κ1) is 16.4. The van der Waals surface area contributed by atoms with Gasteiger partial charge in [-0.15, -0.1) is 0 Å². The van der Waals surface area contributed by atoms with E-state index in [2.05, 4.69) is 9.97 Å². The number of aromatic nitrogens is 2. The maximum absolute atomic E-state index is 11.9. The smallest absolute Gasteiger partial charge is 0.241 e. The number of hydrogen-bond acceptors (Lipinski definition) is 5. The second kappa shape index (κ2) is 7.40. The number of benzene rings is 1. The van der Waals surface area contributed by atoms with Gasteiger partial charge in [0.2, 0.25) is 11.8 Å². The average Bonchev–Trinajstić information content (AvgIpc) is 2.61. The van der Waals surface area contributed by atoms with Gasteiger partial charge in [0.25, 0.3) is 0 Å². The molecule has 1 atom stereocenters. The molecule has 0 unspecified atom stereocenters. The highest BCUT2D eigenvalue weighted by molar-refractivity contribution is 5.78. The quantitative estimate of drug-likeness (QED) is 0.932. The van der Waals surface area contributed by atoms with Crippen LogP contribution in [0.15, 0.2) is 36.7 Å². The zero-order valence-corrected chi connectivity index (χ0v) is 13.8. The zero-order chi connectivity index (χ0) is 16.9. The average molecular weight is 326 g/mol. The van der Waals surface area contributed by atoms with Crippen LogP contribution in [0.3, 0.4) is 0 Å². The third-order valence-electron chi connectivity index (χ3n) is 4.23. The fraction of sp³-hybridized carbons (Fsp3) is 0.389. The minimum Gasteiger partial charge on any atom is -0.437 e. The Morgan fingerprint density at radius 3 is 3.00 bits per heavy atom. The number of amides is 1. The lowest BCUT2D eigenvalue weighted by molar-refractivity contribution is -0.130. The maximum Gasteiger partial charge on any atom is 0.241 e. The molecule has 0 bridgehead atoms. The summed E-state index contributed by atoms with van der Waals surface area (Å²) < 4.78 is 5.96. The van der Waals surface area contributed by atoms with Gasteiger partial charge in [-0.2, -0.15) is 0 Å². The van der Waals surface area contributed by atoms with Gasteiger partial charge in [0.1, 0.15) is 11.4 Å². The molecule has 2 N–H and O–H groups in total. The molecule has 1 aromatic carbocycles. The maximum atomic E-state index is 11.9. The van der Waals surface area contributed by atoms with Crippen molar-refractivity contribution in [1.82, 2.24) is 14.9 Å². The lowest BCUT2D eigenvalue weighted by Gasteiger charge is -2.32. The Morgan fingerprint density at radius 2 is 2.21 bits per heavy atom. The highest BCUT2D eigenvalue weighted by Crippen LogP contribution is 2.32. The third-order valence-corrected chi connectivity index (χ3v) is 4.23. The molecule has 24 heavy (non-hydrogen) atoms. The van der Waals surface area contributed by atoms with Crippen LogP contribution in [0.1, 0.15) is 30.0 Å². The van der Waals surface area contributed by atoms with Gasteiger partial charge < -0.3 is 15.4 Å². The number of aryl methyl sites for hydroxylation is 1. The zero-order valence-electron chi connectivity index (χ0n) is 13.8. The van der Waals surface area contributed by atoms with Gasteiger partial charge in [-0.1, -0.05) is 12.1 Å². The number of likely N-dealkylation sites (tertiary alicyclic amines) is 1. The van der Waals surface area contributed by atoms with Crippen molar-refractivity contribution in [3.8, 4) is 11.6 Å². The largest absolute Gasteiger partial charge is 0.437 e. The Kier molecular flexibility index (Phi) is 5.05. The number of piperidine rings is 1. The predicted octanol–water partition coefficient (Wildman–Crippen LogP) is 2.24. The summed E-state index contributed by atoms with van der Waals surface area (Å²) in [5, 5.41) is 0. The Morgan fingerprint density at radius 1 is 1.38 bits per heavy atom. The number of carbonyl (C=O) groups is 1. The van der Waals surface area contributed by atoms with Crippen molar-refractivity contribution in [3.05, 3.63) is 47.9 Å². The summed E-state index contributed by atoms with van der Waals surface area (Å²) in [6.07, 6.45) is 5.18. The van der Waals surface area contributed by atoms with Crippen molar-refractivity contribution in [3.63, 3.8) is 0 Å². The van der Waals surface area contributed by atoms with Crippen molar-refractivity contribution < 1.29 is 9.53 Å². The fourth-order valence-corrected chi connectivity index (χ4v) is 3.04. The van der Waals surface area contributed by atoms with E-state index in [9.17, 15) is 4.79 Å². The molecule has 6 heteroatoms. The van der Waals surface area contributed by atoms with E-state index >= 15 is 0 Å². The molecule has 2 aromatic rings. The number of nitrogens with zero attached hydrogens (tertiary/aromatic N) is 3. The first-order valence-corrected chi connectivity index (χ1v) is 8.20. The van der Waals surface area contributed by atoms with E-state index in [1.807, 2.05) is 31.2 Å². The summed E-state index contributed by atoms with van der Waals surface area (Å²) in [4.78, 5) is 22.5. The molecule has 6 nitrogen and oxygen atoms in total. The molecule has 2 heterocycles. The summed E-state index contributed by atoms with van der Waals surface area (Å²) in [6, 6.07) is 7.82. The van der Waals surface area contributed by atoms with E-state index in [-0.39, 0.29) is 18.4 Å². The van der Waals surface area contributed by atoms with Crippen LogP contribution in [0.5, 0.6) is 11.6 Å². The number of ether oxygens (including phenoxy) is 1. The molecule has 3 rings (SSSR count). The minimum atomic E-state index is -0.0234. The molecule has 0 saturated carbocycles. The van der Waals surface area contributed by atoms with E-state index in [4.69, 9.17) is 10.5 Å². The van der Waals surface area contributed by atoms with Gasteiger partial charge in [-0.05, 0) is 37.5 Å². The van der Waals surface area contributed by atoms with E-state index in [0.717, 1.165) is 36.4 Å². The van der Waals surface area contributed by atoms with Gasteiger partial charge in [-0.3, -0.25) is 9.78 Å². The van der Waals surface area contributed by atoms with Crippen molar-refractivity contribution >= 4 is 5.91 Å². The first-order valence-electron chi connectivity index (χ1n) is 8.20. The van der Waals surface area contributed by atoms with E-state index < -0.39 is 0 Å². The molecule has 1 aromatic heterocycles. The summed E-state index contributed by atoms with van der Waals surface area (Å²) in [5.74, 6) is 1.34. The minimum absolute atomic E-state index is 0.0234. The molecule has 1 amide bonds. The second-order valence-electron chi connectivity index (χ2n) is 6.05. The van der Waals surface area contributed by atoms with Crippen LogP contribution in [0, 0.1) is 6.92 Å². The Balaban J connectivity index is 1.82. The molecule has 0 aliphatic carbocycles. The molecule has 0 spiro atoms. The molecule has 1 aliphatic heterocycles. The van der Waals surface area contributed by atoms with Crippen LogP contribution in [0.25, 0.3) is 0 Å². The number of nitrogens with two attached hydrogens (primary N) is 1. The Hall–Kier alpha value is -2.47. The van der Waals surface area contributed by atoms with Crippen LogP contribution in [-0.2, 0) is 4.79 Å². The topological polar surface area (TPSA) is 81.3 Å². The van der Waals surface area contributed by atoms with E-state index in [1.165, 1.54) is 0 Å². The molecular weight excluding hydrogens is 304 g/mol. The SMILES string of the molecule is Cc1cccc(Oc2nccnc2[C@H]2CCCN(C(=O)CN)C2)c1. The molecule has 0 radical (unpaired) electrons. The fourth-order valence-electron chi connectivity index (χ4n) is 3.04. The second-order valence-corrected chi connectivity index (χ2v) is 6.05. The van der Waals surface area contributed by atoms with Crippen LogP contribution in [0.2, 0.25) is 0 Å². The molecule has 126 valence electrons. The van der Waals surface area contributed by atoms with Gasteiger partial charge in [0.05, 0.1) is 6.54 Å². The highest BCUT2D eigenvalue weighted by atomic mass is 16.5. The van der Waals surface area contributed by atoms with Gasteiger partial charge in [0, 0.05) is 31.4 Å². The predicted molar refractivity (Wildman–Crippen MR) is 90.9 cm³/mol. The van der Waals surface area contributed by atoms with Gasteiger partial charge in [0.15, 0.2) is 0 Å². The Labute approximate surface area is 141 Å². The molecule has 1 aliphatic rings. The standard InChI is InChI=1S/C18H22N4O2/c1-13-4-2-6-15(10-13)24-18-17(20-7-8-21-18)14-5-3-9-22(12-14)16(23)11-19/h2,4,6-8,10,14H,3,5,9,11-12,19H2,1H3/t14-/m0/s1. The lowest BCUT2D eigenvalue weighted by Crippen LogP contribution is -2.42. The summed E-state index contributed by atoms with van der Waals surface area (Å²) >= 11 is 0. The monoisotopic (exact) mass is 326 g/mol. The number of rotatable bonds is 4.